The summed E-state index contributed by atoms with van der Waals surface area (Å²) >= 11 is 0. The van der Waals surface area contributed by atoms with E-state index in [1.54, 1.807) is 18.4 Å². The standard InChI is InChI=1S/C16H21NO4/c1-4-20-16(19)15-9(2)7-14(18)17(10(15)3)12-8-11-5-6-13(12)21-11/h7,11-13H,4-6,8H2,1-3H3. The molecular formula is C16H21NO4. The molecule has 5 nitrogen and oxygen atoms in total. The van der Waals surface area contributed by atoms with E-state index in [4.69, 9.17) is 9.47 Å². The second-order valence-corrected chi connectivity index (χ2v) is 5.89. The molecule has 0 aromatic carbocycles. The highest BCUT2D eigenvalue weighted by Gasteiger charge is 2.42. The van der Waals surface area contributed by atoms with Gasteiger partial charge in [-0.1, -0.05) is 0 Å². The minimum absolute atomic E-state index is 0.0463. The number of ether oxygens (including phenoxy) is 2. The molecule has 0 N–H and O–H groups in total. The van der Waals surface area contributed by atoms with Gasteiger partial charge in [-0.25, -0.2) is 4.79 Å². The predicted molar refractivity (Wildman–Crippen MR) is 77.7 cm³/mol. The van der Waals surface area contributed by atoms with Crippen molar-refractivity contribution in [3.63, 3.8) is 0 Å². The third-order valence-corrected chi connectivity index (χ3v) is 4.58. The minimum atomic E-state index is -0.356. The minimum Gasteiger partial charge on any atom is -0.462 e. The van der Waals surface area contributed by atoms with Gasteiger partial charge < -0.3 is 14.0 Å². The molecule has 0 spiro atoms. The Hall–Kier alpha value is -1.62. The van der Waals surface area contributed by atoms with Gasteiger partial charge >= 0.3 is 5.97 Å². The van der Waals surface area contributed by atoms with Crippen LogP contribution in [0.15, 0.2) is 10.9 Å². The summed E-state index contributed by atoms with van der Waals surface area (Å²) < 4.78 is 12.7. The van der Waals surface area contributed by atoms with Crippen molar-refractivity contribution in [3.8, 4) is 0 Å². The SMILES string of the molecule is CCOC(=O)c1c(C)cc(=O)n(C2CC3CCC2O3)c1C. The second kappa shape index (κ2) is 5.30. The molecule has 3 unspecified atom stereocenters. The Kier molecular flexibility index (Phi) is 3.61. The number of carbonyl (C=O) groups excluding carboxylic acids is 1. The lowest BCUT2D eigenvalue weighted by atomic mass is 9.94. The summed E-state index contributed by atoms with van der Waals surface area (Å²) in [6.07, 6.45) is 3.29. The maximum absolute atomic E-state index is 12.4. The first kappa shape index (κ1) is 14.3. The number of aryl methyl sites for hydroxylation is 1. The van der Waals surface area contributed by atoms with E-state index >= 15 is 0 Å². The van der Waals surface area contributed by atoms with Gasteiger partial charge in [0, 0.05) is 11.8 Å². The van der Waals surface area contributed by atoms with Crippen LogP contribution in [0.5, 0.6) is 0 Å². The van der Waals surface area contributed by atoms with Crippen molar-refractivity contribution in [2.75, 3.05) is 6.61 Å². The Balaban J connectivity index is 2.06. The molecule has 1 aromatic rings. The molecule has 2 saturated heterocycles. The van der Waals surface area contributed by atoms with Crippen molar-refractivity contribution >= 4 is 5.97 Å². The fourth-order valence-electron chi connectivity index (χ4n) is 3.70. The molecule has 0 amide bonds. The van der Waals surface area contributed by atoms with Crippen LogP contribution in [0.25, 0.3) is 0 Å². The Bertz CT molecular complexity index is 634. The number of pyridine rings is 1. The van der Waals surface area contributed by atoms with Crippen LogP contribution in [0.1, 0.15) is 53.8 Å². The zero-order chi connectivity index (χ0) is 15.1. The van der Waals surface area contributed by atoms with E-state index in [1.165, 1.54) is 6.07 Å². The van der Waals surface area contributed by atoms with Crippen LogP contribution in [0.4, 0.5) is 0 Å². The Labute approximate surface area is 123 Å². The average Bonchev–Trinajstić information content (AvgIpc) is 3.00. The third kappa shape index (κ3) is 2.29. The van der Waals surface area contributed by atoms with Crippen LogP contribution in [-0.2, 0) is 9.47 Å². The first-order chi connectivity index (χ1) is 10.0. The smallest absolute Gasteiger partial charge is 0.340 e. The Morgan fingerprint density at radius 2 is 2.19 bits per heavy atom. The molecule has 2 aliphatic heterocycles. The van der Waals surface area contributed by atoms with Gasteiger partial charge in [-0.15, -0.1) is 0 Å². The summed E-state index contributed by atoms with van der Waals surface area (Å²) in [6.45, 7) is 5.71. The topological polar surface area (TPSA) is 57.5 Å². The number of hydrogen-bond donors (Lipinski definition) is 0. The van der Waals surface area contributed by atoms with Gasteiger partial charge in [0.05, 0.1) is 30.4 Å². The van der Waals surface area contributed by atoms with Crippen molar-refractivity contribution in [2.24, 2.45) is 0 Å². The number of aromatic nitrogens is 1. The van der Waals surface area contributed by atoms with Crippen LogP contribution < -0.4 is 5.56 Å². The quantitative estimate of drug-likeness (QED) is 0.801. The normalized spacial score (nSPS) is 27.1. The van der Waals surface area contributed by atoms with Crippen LogP contribution >= 0.6 is 0 Å². The molecule has 0 saturated carbocycles. The van der Waals surface area contributed by atoms with E-state index in [-0.39, 0.29) is 29.8 Å². The maximum atomic E-state index is 12.4. The fourth-order valence-corrected chi connectivity index (χ4v) is 3.70. The van der Waals surface area contributed by atoms with E-state index in [2.05, 4.69) is 0 Å². The third-order valence-electron chi connectivity index (χ3n) is 4.58. The number of hydrogen-bond acceptors (Lipinski definition) is 4. The Morgan fingerprint density at radius 3 is 2.76 bits per heavy atom. The molecule has 0 radical (unpaired) electrons. The van der Waals surface area contributed by atoms with Crippen molar-refractivity contribution < 1.29 is 14.3 Å². The average molecular weight is 291 g/mol. The van der Waals surface area contributed by atoms with Crippen molar-refractivity contribution in [2.45, 2.75) is 58.3 Å². The first-order valence-electron chi connectivity index (χ1n) is 7.58. The molecule has 3 heterocycles. The van der Waals surface area contributed by atoms with Gasteiger partial charge in [-0.05, 0) is 45.6 Å². The second-order valence-electron chi connectivity index (χ2n) is 5.89. The van der Waals surface area contributed by atoms with Crippen LogP contribution in [0.2, 0.25) is 0 Å². The maximum Gasteiger partial charge on any atom is 0.340 e. The summed E-state index contributed by atoms with van der Waals surface area (Å²) in [6, 6.07) is 1.58. The number of carbonyl (C=O) groups is 1. The van der Waals surface area contributed by atoms with Crippen molar-refractivity contribution in [1.29, 1.82) is 0 Å². The summed E-state index contributed by atoms with van der Waals surface area (Å²) in [5.41, 5.74) is 1.83. The van der Waals surface area contributed by atoms with E-state index < -0.39 is 0 Å². The van der Waals surface area contributed by atoms with Gasteiger partial charge in [-0.2, -0.15) is 0 Å². The van der Waals surface area contributed by atoms with Gasteiger partial charge in [0.15, 0.2) is 0 Å². The summed E-state index contributed by atoms with van der Waals surface area (Å²) in [5.74, 6) is -0.356. The Morgan fingerprint density at radius 1 is 1.43 bits per heavy atom. The lowest BCUT2D eigenvalue weighted by Crippen LogP contribution is -2.34. The van der Waals surface area contributed by atoms with Gasteiger partial charge in [-0.3, -0.25) is 4.79 Å². The van der Waals surface area contributed by atoms with Crippen LogP contribution in [-0.4, -0.2) is 29.4 Å². The fraction of sp³-hybridized carbons (Fsp3) is 0.625. The number of rotatable bonds is 3. The lowest BCUT2D eigenvalue weighted by molar-refractivity contribution is 0.0522. The number of esters is 1. The van der Waals surface area contributed by atoms with Crippen molar-refractivity contribution in [1.82, 2.24) is 4.57 Å². The van der Waals surface area contributed by atoms with Crippen LogP contribution in [0, 0.1) is 13.8 Å². The zero-order valence-electron chi connectivity index (χ0n) is 12.7. The summed E-state index contributed by atoms with van der Waals surface area (Å²) in [7, 11) is 0. The molecule has 3 atom stereocenters. The van der Waals surface area contributed by atoms with Gasteiger partial charge in [0.2, 0.25) is 0 Å². The number of nitrogens with zero attached hydrogens (tertiary/aromatic N) is 1. The predicted octanol–water partition coefficient (Wildman–Crippen LogP) is 2.13. The first-order valence-corrected chi connectivity index (χ1v) is 7.58. The van der Waals surface area contributed by atoms with Gasteiger partial charge in [0.1, 0.15) is 0 Å². The monoisotopic (exact) mass is 291 g/mol. The number of fused-ring (bicyclic) bond motifs is 2. The van der Waals surface area contributed by atoms with E-state index in [0.717, 1.165) is 19.3 Å². The largest absolute Gasteiger partial charge is 0.462 e. The summed E-state index contributed by atoms with van der Waals surface area (Å²) in [5, 5.41) is 0. The van der Waals surface area contributed by atoms with Gasteiger partial charge in [0.25, 0.3) is 5.56 Å². The molecule has 3 rings (SSSR count). The molecule has 114 valence electrons. The van der Waals surface area contributed by atoms with E-state index in [9.17, 15) is 9.59 Å². The highest BCUT2D eigenvalue weighted by atomic mass is 16.5. The molecule has 21 heavy (non-hydrogen) atoms. The molecule has 0 aliphatic carbocycles. The van der Waals surface area contributed by atoms with Crippen molar-refractivity contribution in [3.05, 3.63) is 33.2 Å². The highest BCUT2D eigenvalue weighted by Crippen LogP contribution is 2.41. The molecule has 1 aromatic heterocycles. The lowest BCUT2D eigenvalue weighted by Gasteiger charge is -2.25. The molecule has 2 aliphatic rings. The molecular weight excluding hydrogens is 270 g/mol. The zero-order valence-corrected chi connectivity index (χ0v) is 12.7. The van der Waals surface area contributed by atoms with E-state index in [0.29, 0.717) is 23.4 Å². The molecule has 2 fully saturated rings. The van der Waals surface area contributed by atoms with E-state index in [1.807, 2.05) is 6.92 Å². The summed E-state index contributed by atoms with van der Waals surface area (Å²) in [4.78, 5) is 24.6. The highest BCUT2D eigenvalue weighted by molar-refractivity contribution is 5.92. The molecule has 2 bridgehead atoms. The van der Waals surface area contributed by atoms with Crippen LogP contribution in [0.3, 0.4) is 0 Å². The molecule has 5 heteroatoms.